The second kappa shape index (κ2) is 8.88. The van der Waals surface area contributed by atoms with Crippen LogP contribution in [0.1, 0.15) is 37.8 Å². The predicted molar refractivity (Wildman–Crippen MR) is 117 cm³/mol. The number of thiocarbonyl (C=S) groups is 1. The average molecular weight is 444 g/mol. The second-order valence-corrected chi connectivity index (χ2v) is 10.0. The largest absolute Gasteiger partial charge is 0.591 e. The van der Waals surface area contributed by atoms with Crippen LogP contribution < -0.4 is 0 Å². The molecule has 2 atom stereocenters. The first-order chi connectivity index (χ1) is 12.6. The van der Waals surface area contributed by atoms with Crippen LogP contribution in [0, 0.1) is 0 Å². The van der Waals surface area contributed by atoms with Crippen molar-refractivity contribution in [2.75, 3.05) is 7.11 Å². The van der Waals surface area contributed by atoms with Crippen molar-refractivity contribution < 1.29 is 14.1 Å². The Morgan fingerprint density at radius 1 is 1.37 bits per heavy atom. The highest BCUT2D eigenvalue weighted by atomic mass is 35.5. The summed E-state index contributed by atoms with van der Waals surface area (Å²) >= 11 is 16.6. The van der Waals surface area contributed by atoms with E-state index in [9.17, 15) is 9.35 Å². The first kappa shape index (κ1) is 22.1. The number of nitrogens with zero attached hydrogens (tertiary/aromatic N) is 1. The van der Waals surface area contributed by atoms with Crippen molar-refractivity contribution in [3.8, 4) is 0 Å². The number of benzene rings is 1. The Kier molecular flexibility index (Phi) is 7.27. The molecule has 0 bridgehead atoms. The molecule has 27 heavy (non-hydrogen) atoms. The quantitative estimate of drug-likeness (QED) is 0.284. The lowest BCUT2D eigenvalue weighted by molar-refractivity contribution is -0.136. The fraction of sp³-hybridized carbons (Fsp3) is 0.316. The van der Waals surface area contributed by atoms with Gasteiger partial charge in [-0.25, -0.2) is 4.79 Å². The number of esters is 1. The molecule has 2 unspecified atom stereocenters. The molecule has 0 amide bonds. The highest BCUT2D eigenvalue weighted by Gasteiger charge is 2.32. The number of allylic oxidation sites excluding steroid dienone is 3. The van der Waals surface area contributed by atoms with Gasteiger partial charge in [0.25, 0.3) is 0 Å². The molecule has 8 heteroatoms. The van der Waals surface area contributed by atoms with Crippen LogP contribution >= 0.6 is 35.4 Å². The van der Waals surface area contributed by atoms with Gasteiger partial charge in [-0.3, -0.25) is 0 Å². The van der Waals surface area contributed by atoms with Crippen molar-refractivity contribution in [3.63, 3.8) is 0 Å². The lowest BCUT2D eigenvalue weighted by Crippen LogP contribution is -2.26. The molecule has 0 N–H and O–H groups in total. The summed E-state index contributed by atoms with van der Waals surface area (Å²) in [4.78, 5) is 12.8. The molecule has 0 aliphatic heterocycles. The standard InChI is InChI=1S/C19H19Cl2NO3S2/c1-19(2,3)27(24)22-10-11-8-12(20)9-14(21)16(11)17-13(18(23)25-4)6-5-7-15(17)26/h5-10,17H,1-4H3. The van der Waals surface area contributed by atoms with Gasteiger partial charge in [0.1, 0.15) is 16.1 Å². The predicted octanol–water partition coefficient (Wildman–Crippen LogP) is 5.00. The van der Waals surface area contributed by atoms with E-state index in [1.165, 1.54) is 13.3 Å². The molecule has 1 aliphatic carbocycles. The smallest absolute Gasteiger partial charge is 0.334 e. The topological polar surface area (TPSA) is 61.7 Å². The van der Waals surface area contributed by atoms with Gasteiger partial charge in [0.05, 0.1) is 19.2 Å². The maximum atomic E-state index is 12.3. The van der Waals surface area contributed by atoms with Crippen molar-refractivity contribution >= 4 is 63.8 Å². The summed E-state index contributed by atoms with van der Waals surface area (Å²) in [6.45, 7) is 5.47. The Morgan fingerprint density at radius 3 is 2.63 bits per heavy atom. The number of halogens is 2. The molecule has 0 saturated carbocycles. The first-order valence-corrected chi connectivity index (χ1v) is 10.3. The molecule has 1 aliphatic rings. The average Bonchev–Trinajstić information content (AvgIpc) is 2.58. The Balaban J connectivity index is 2.61. The van der Waals surface area contributed by atoms with Crippen LogP contribution in [-0.4, -0.2) is 33.5 Å². The van der Waals surface area contributed by atoms with E-state index in [1.54, 1.807) is 30.4 Å². The molecule has 0 radical (unpaired) electrons. The van der Waals surface area contributed by atoms with E-state index in [0.29, 0.717) is 31.6 Å². The lowest BCUT2D eigenvalue weighted by Gasteiger charge is -2.24. The van der Waals surface area contributed by atoms with E-state index in [-0.39, 0.29) is 0 Å². The number of carbonyl (C=O) groups is 1. The summed E-state index contributed by atoms with van der Waals surface area (Å²) in [5, 5.41) is 0.732. The van der Waals surface area contributed by atoms with Crippen molar-refractivity contribution in [1.82, 2.24) is 0 Å². The van der Waals surface area contributed by atoms with Gasteiger partial charge in [0, 0.05) is 26.0 Å². The molecule has 0 heterocycles. The van der Waals surface area contributed by atoms with Crippen LogP contribution in [0.15, 0.2) is 40.3 Å². The molecular weight excluding hydrogens is 425 g/mol. The third kappa shape index (κ3) is 5.21. The molecule has 0 aromatic heterocycles. The summed E-state index contributed by atoms with van der Waals surface area (Å²) in [6.07, 6.45) is 6.53. The molecule has 4 nitrogen and oxygen atoms in total. The van der Waals surface area contributed by atoms with Crippen LogP contribution in [0.2, 0.25) is 10.0 Å². The van der Waals surface area contributed by atoms with Gasteiger partial charge in [0.15, 0.2) is 0 Å². The van der Waals surface area contributed by atoms with Gasteiger partial charge in [0.2, 0.25) is 0 Å². The monoisotopic (exact) mass is 443 g/mol. The highest BCUT2D eigenvalue weighted by molar-refractivity contribution is 7.91. The molecule has 1 aromatic rings. The molecule has 0 spiro atoms. The minimum Gasteiger partial charge on any atom is -0.591 e. The van der Waals surface area contributed by atoms with Crippen LogP contribution in [0.25, 0.3) is 0 Å². The second-order valence-electron chi connectivity index (χ2n) is 6.79. The van der Waals surface area contributed by atoms with Crippen LogP contribution in [0.5, 0.6) is 0 Å². The summed E-state index contributed by atoms with van der Waals surface area (Å²) in [7, 11) is 1.31. The zero-order chi connectivity index (χ0) is 20.4. The third-order valence-electron chi connectivity index (χ3n) is 3.78. The van der Waals surface area contributed by atoms with E-state index < -0.39 is 28.0 Å². The number of carbonyl (C=O) groups excluding carboxylic acids is 1. The first-order valence-electron chi connectivity index (χ1n) is 8.01. The molecule has 2 rings (SSSR count). The molecular formula is C19H19Cl2NO3S2. The molecule has 1 aromatic carbocycles. The van der Waals surface area contributed by atoms with E-state index >= 15 is 0 Å². The fourth-order valence-electron chi connectivity index (χ4n) is 2.47. The highest BCUT2D eigenvalue weighted by Crippen LogP contribution is 2.38. The zero-order valence-electron chi connectivity index (χ0n) is 15.3. The van der Waals surface area contributed by atoms with Gasteiger partial charge in [-0.2, -0.15) is 0 Å². The van der Waals surface area contributed by atoms with E-state index in [1.807, 2.05) is 20.8 Å². The number of ether oxygens (including phenoxy) is 1. The summed E-state index contributed by atoms with van der Waals surface area (Å²) in [5.74, 6) is -1.09. The molecule has 0 fully saturated rings. The SMILES string of the molecule is COC(=O)C1=CC=CC(=S)C1c1c(Cl)cc(Cl)cc1C=N[S+]([O-])C(C)(C)C. The minimum atomic E-state index is -1.46. The zero-order valence-corrected chi connectivity index (χ0v) is 18.4. The van der Waals surface area contributed by atoms with Gasteiger partial charge in [-0.05, 0) is 44.5 Å². The minimum absolute atomic E-state index is 0.336. The van der Waals surface area contributed by atoms with Crippen molar-refractivity contribution in [2.45, 2.75) is 31.4 Å². The Hall–Kier alpha value is -1.18. The maximum Gasteiger partial charge on any atom is 0.334 e. The van der Waals surface area contributed by atoms with Crippen LogP contribution in [0.4, 0.5) is 0 Å². The van der Waals surface area contributed by atoms with E-state index in [2.05, 4.69) is 4.40 Å². The van der Waals surface area contributed by atoms with Crippen molar-refractivity contribution in [2.24, 2.45) is 4.40 Å². The molecule has 0 saturated heterocycles. The summed E-state index contributed by atoms with van der Waals surface area (Å²) < 4.78 is 20.8. The Morgan fingerprint density at radius 2 is 2.04 bits per heavy atom. The molecule has 144 valence electrons. The number of methoxy groups -OCH3 is 1. The number of rotatable bonds is 4. The van der Waals surface area contributed by atoms with Crippen molar-refractivity contribution in [3.05, 3.63) is 57.1 Å². The fourth-order valence-corrected chi connectivity index (χ4v) is 3.94. The lowest BCUT2D eigenvalue weighted by atomic mass is 9.83. The third-order valence-corrected chi connectivity index (χ3v) is 6.03. The van der Waals surface area contributed by atoms with Crippen LogP contribution in [0.3, 0.4) is 0 Å². The maximum absolute atomic E-state index is 12.3. The van der Waals surface area contributed by atoms with E-state index in [0.717, 1.165) is 0 Å². The van der Waals surface area contributed by atoms with Gasteiger partial charge >= 0.3 is 5.97 Å². The summed E-state index contributed by atoms with van der Waals surface area (Å²) in [5.41, 5.74) is 1.48. The summed E-state index contributed by atoms with van der Waals surface area (Å²) in [6, 6.07) is 3.23. The number of hydrogen-bond acceptors (Lipinski definition) is 5. The number of hydrogen-bond donors (Lipinski definition) is 0. The van der Waals surface area contributed by atoms with Gasteiger partial charge in [-0.15, -0.1) is 0 Å². The van der Waals surface area contributed by atoms with Gasteiger partial charge in [-0.1, -0.05) is 52.0 Å². The van der Waals surface area contributed by atoms with Crippen molar-refractivity contribution in [1.29, 1.82) is 0 Å². The Labute approximate surface area is 177 Å². The Bertz CT molecular complexity index is 857. The van der Waals surface area contributed by atoms with Gasteiger partial charge < -0.3 is 9.29 Å². The van der Waals surface area contributed by atoms with Crippen LogP contribution in [-0.2, 0) is 20.9 Å². The normalized spacial score (nSPS) is 18.6. The van der Waals surface area contributed by atoms with E-state index in [4.69, 9.17) is 40.2 Å².